The fourth-order valence-electron chi connectivity index (χ4n) is 2.78. The van der Waals surface area contributed by atoms with E-state index in [1.54, 1.807) is 13.0 Å². The highest BCUT2D eigenvalue weighted by Crippen LogP contribution is 2.21. The van der Waals surface area contributed by atoms with Crippen LogP contribution in [0.3, 0.4) is 0 Å². The van der Waals surface area contributed by atoms with Gasteiger partial charge in [0.05, 0.1) is 4.90 Å². The number of carbonyl (C=O) groups excluding carboxylic acids is 1. The molecule has 0 aliphatic carbocycles. The van der Waals surface area contributed by atoms with Gasteiger partial charge in [0.15, 0.2) is 6.10 Å². The monoisotopic (exact) mass is 440 g/mol. The number of benzene rings is 2. The smallest absolute Gasteiger partial charge is 0.265 e. The van der Waals surface area contributed by atoms with Gasteiger partial charge in [0.25, 0.3) is 15.9 Å². The Morgan fingerprint density at radius 3 is 2.42 bits per heavy atom. The van der Waals surface area contributed by atoms with Gasteiger partial charge in [-0.05, 0) is 62.2 Å². The maximum absolute atomic E-state index is 12.6. The van der Waals surface area contributed by atoms with Gasteiger partial charge in [-0.3, -0.25) is 4.79 Å². The number of aryl methyl sites for hydroxylation is 2. The average molecular weight is 441 g/mol. The van der Waals surface area contributed by atoms with Crippen molar-refractivity contribution in [2.75, 3.05) is 10.0 Å². The normalized spacial score (nSPS) is 12.1. The van der Waals surface area contributed by atoms with E-state index in [1.807, 2.05) is 38.1 Å². The standard InChI is InChI=1S/C22H24N4O4S/c1-4-19(30-20-8-6-5-7-15(20)2)21(27)25-17-9-11-18(12-10-17)31(28,29)26-22-23-14-13-16(3)24-22/h5-14,19H,4H2,1-3H3,(H,25,27)(H,23,24,26)/t19-/m0/s1. The SMILES string of the molecule is CC[C@H](Oc1ccccc1C)C(=O)Nc1ccc(S(=O)(=O)Nc2nccc(C)n2)cc1. The van der Waals surface area contributed by atoms with Crippen molar-refractivity contribution in [1.29, 1.82) is 0 Å². The summed E-state index contributed by atoms with van der Waals surface area (Å²) in [5.74, 6) is 0.333. The van der Waals surface area contributed by atoms with Gasteiger partial charge in [-0.2, -0.15) is 0 Å². The van der Waals surface area contributed by atoms with Gasteiger partial charge in [-0.15, -0.1) is 0 Å². The molecule has 0 aliphatic heterocycles. The Balaban J connectivity index is 1.67. The lowest BCUT2D eigenvalue weighted by Gasteiger charge is -2.18. The van der Waals surface area contributed by atoms with Gasteiger partial charge in [0.1, 0.15) is 5.75 Å². The molecular weight excluding hydrogens is 416 g/mol. The minimum absolute atomic E-state index is 0.00322. The Bertz CT molecular complexity index is 1160. The third-order valence-corrected chi connectivity index (χ3v) is 5.82. The Morgan fingerprint density at radius 2 is 1.77 bits per heavy atom. The first-order valence-electron chi connectivity index (χ1n) is 9.74. The second-order valence-electron chi connectivity index (χ2n) is 6.92. The number of anilines is 2. The maximum atomic E-state index is 12.6. The van der Waals surface area contributed by atoms with Crippen LogP contribution in [-0.4, -0.2) is 30.4 Å². The van der Waals surface area contributed by atoms with Crippen molar-refractivity contribution in [3.63, 3.8) is 0 Å². The lowest BCUT2D eigenvalue weighted by Crippen LogP contribution is -2.32. The number of para-hydroxylation sites is 1. The molecule has 0 bridgehead atoms. The number of amides is 1. The highest BCUT2D eigenvalue weighted by Gasteiger charge is 2.20. The number of aromatic nitrogens is 2. The Hall–Kier alpha value is -3.46. The van der Waals surface area contributed by atoms with Crippen molar-refractivity contribution in [3.8, 4) is 5.75 Å². The summed E-state index contributed by atoms with van der Waals surface area (Å²) < 4.78 is 33.3. The first-order valence-corrected chi connectivity index (χ1v) is 11.2. The van der Waals surface area contributed by atoms with Crippen LogP contribution in [0.4, 0.5) is 11.6 Å². The molecule has 0 saturated carbocycles. The minimum Gasteiger partial charge on any atom is -0.480 e. The Kier molecular flexibility index (Phi) is 6.86. The predicted molar refractivity (Wildman–Crippen MR) is 119 cm³/mol. The molecule has 0 radical (unpaired) electrons. The summed E-state index contributed by atoms with van der Waals surface area (Å²) in [7, 11) is -3.85. The molecule has 0 spiro atoms. The zero-order valence-corrected chi connectivity index (χ0v) is 18.3. The van der Waals surface area contributed by atoms with E-state index in [-0.39, 0.29) is 16.8 Å². The van der Waals surface area contributed by atoms with Crippen LogP contribution < -0.4 is 14.8 Å². The summed E-state index contributed by atoms with van der Waals surface area (Å²) in [4.78, 5) is 20.6. The van der Waals surface area contributed by atoms with Crippen LogP contribution in [0.5, 0.6) is 5.75 Å². The molecule has 1 amide bonds. The molecule has 1 aromatic heterocycles. The first-order chi connectivity index (χ1) is 14.8. The van der Waals surface area contributed by atoms with Crippen LogP contribution in [0.25, 0.3) is 0 Å². The summed E-state index contributed by atoms with van der Waals surface area (Å²) >= 11 is 0. The molecule has 0 aliphatic rings. The van der Waals surface area contributed by atoms with E-state index in [0.717, 1.165) is 5.56 Å². The highest BCUT2D eigenvalue weighted by atomic mass is 32.2. The second kappa shape index (κ2) is 9.57. The van der Waals surface area contributed by atoms with E-state index in [9.17, 15) is 13.2 Å². The van der Waals surface area contributed by atoms with Crippen LogP contribution >= 0.6 is 0 Å². The summed E-state index contributed by atoms with van der Waals surface area (Å²) in [6.07, 6.45) is 1.28. The molecule has 2 N–H and O–H groups in total. The van der Waals surface area contributed by atoms with Crippen LogP contribution in [0.1, 0.15) is 24.6 Å². The average Bonchev–Trinajstić information content (AvgIpc) is 2.73. The fourth-order valence-corrected chi connectivity index (χ4v) is 3.73. The fraction of sp³-hybridized carbons (Fsp3) is 0.227. The summed E-state index contributed by atoms with van der Waals surface area (Å²) in [6, 6.07) is 15.0. The minimum atomic E-state index is -3.85. The molecular formula is C22H24N4O4S. The molecule has 0 unspecified atom stereocenters. The number of carbonyl (C=O) groups is 1. The van der Waals surface area contributed by atoms with Gasteiger partial charge in [0.2, 0.25) is 5.95 Å². The van der Waals surface area contributed by atoms with Crippen LogP contribution in [0.15, 0.2) is 65.7 Å². The third kappa shape index (κ3) is 5.79. The van der Waals surface area contributed by atoms with Crippen molar-refractivity contribution in [3.05, 3.63) is 72.1 Å². The molecule has 8 nitrogen and oxygen atoms in total. The maximum Gasteiger partial charge on any atom is 0.265 e. The second-order valence-corrected chi connectivity index (χ2v) is 8.60. The molecule has 3 aromatic rings. The molecule has 9 heteroatoms. The number of nitrogens with one attached hydrogen (secondary N) is 2. The highest BCUT2D eigenvalue weighted by molar-refractivity contribution is 7.92. The van der Waals surface area contributed by atoms with Gasteiger partial charge in [-0.25, -0.2) is 23.1 Å². The molecule has 31 heavy (non-hydrogen) atoms. The van der Waals surface area contributed by atoms with Crippen molar-refractivity contribution >= 4 is 27.6 Å². The molecule has 1 heterocycles. The molecule has 0 fully saturated rings. The number of sulfonamides is 1. The zero-order chi connectivity index (χ0) is 22.4. The summed E-state index contributed by atoms with van der Waals surface area (Å²) in [5, 5.41) is 2.76. The number of rotatable bonds is 8. The van der Waals surface area contributed by atoms with Crippen molar-refractivity contribution in [2.24, 2.45) is 0 Å². The van der Waals surface area contributed by atoms with E-state index in [4.69, 9.17) is 4.74 Å². The number of hydrogen-bond acceptors (Lipinski definition) is 6. The number of nitrogens with zero attached hydrogens (tertiary/aromatic N) is 2. The lowest BCUT2D eigenvalue weighted by atomic mass is 10.2. The molecule has 1 atom stereocenters. The van der Waals surface area contributed by atoms with Crippen LogP contribution in [0.2, 0.25) is 0 Å². The van der Waals surface area contributed by atoms with Gasteiger partial charge in [0, 0.05) is 17.6 Å². The summed E-state index contributed by atoms with van der Waals surface area (Å²) in [6.45, 7) is 5.51. The van der Waals surface area contributed by atoms with E-state index >= 15 is 0 Å². The quantitative estimate of drug-likeness (QED) is 0.553. The van der Waals surface area contributed by atoms with E-state index in [2.05, 4.69) is 20.0 Å². The van der Waals surface area contributed by atoms with E-state index in [0.29, 0.717) is 23.6 Å². The molecule has 2 aromatic carbocycles. The molecule has 0 saturated heterocycles. The number of hydrogen-bond donors (Lipinski definition) is 2. The third-order valence-electron chi connectivity index (χ3n) is 4.48. The topological polar surface area (TPSA) is 110 Å². The van der Waals surface area contributed by atoms with Crippen molar-refractivity contribution < 1.29 is 17.9 Å². The van der Waals surface area contributed by atoms with Crippen molar-refractivity contribution in [2.45, 2.75) is 38.2 Å². The van der Waals surface area contributed by atoms with Crippen molar-refractivity contribution in [1.82, 2.24) is 9.97 Å². The van der Waals surface area contributed by atoms with Gasteiger partial charge >= 0.3 is 0 Å². The Labute approximate surface area is 181 Å². The largest absolute Gasteiger partial charge is 0.480 e. The lowest BCUT2D eigenvalue weighted by molar-refractivity contribution is -0.122. The van der Waals surface area contributed by atoms with Gasteiger partial charge < -0.3 is 10.1 Å². The van der Waals surface area contributed by atoms with Gasteiger partial charge in [-0.1, -0.05) is 25.1 Å². The van der Waals surface area contributed by atoms with E-state index in [1.165, 1.54) is 30.5 Å². The zero-order valence-electron chi connectivity index (χ0n) is 17.5. The number of ether oxygens (including phenoxy) is 1. The Morgan fingerprint density at radius 1 is 1.06 bits per heavy atom. The van der Waals surface area contributed by atoms with Crippen LogP contribution in [0, 0.1) is 13.8 Å². The summed E-state index contributed by atoms with van der Waals surface area (Å²) in [5.41, 5.74) is 2.04. The molecule has 3 rings (SSSR count). The molecule has 162 valence electrons. The first kappa shape index (κ1) is 22.2. The van der Waals surface area contributed by atoms with Crippen LogP contribution in [-0.2, 0) is 14.8 Å². The van der Waals surface area contributed by atoms with E-state index < -0.39 is 16.1 Å². The predicted octanol–water partition coefficient (Wildman–Crippen LogP) is 3.69.